The van der Waals surface area contributed by atoms with Gasteiger partial charge in [-0.2, -0.15) is 0 Å². The summed E-state index contributed by atoms with van der Waals surface area (Å²) < 4.78 is 1.70. The van der Waals surface area contributed by atoms with E-state index in [1.807, 2.05) is 13.2 Å². The molecule has 1 aromatic rings. The van der Waals surface area contributed by atoms with E-state index in [0.29, 0.717) is 6.54 Å². The Morgan fingerprint density at radius 3 is 2.75 bits per heavy atom. The van der Waals surface area contributed by atoms with Crippen LogP contribution in [0.15, 0.2) is 6.20 Å². The van der Waals surface area contributed by atoms with Crippen LogP contribution in [-0.4, -0.2) is 32.2 Å². The van der Waals surface area contributed by atoms with Crippen LogP contribution in [-0.2, 0) is 13.6 Å². The molecule has 0 amide bonds. The summed E-state index contributed by atoms with van der Waals surface area (Å²) in [4.78, 5) is 0. The van der Waals surface area contributed by atoms with E-state index in [1.54, 1.807) is 4.68 Å². The Bertz CT molecular complexity index is 330. The molecule has 0 radical (unpaired) electrons. The van der Waals surface area contributed by atoms with Crippen molar-refractivity contribution >= 4 is 0 Å². The van der Waals surface area contributed by atoms with Crippen molar-refractivity contribution in [3.8, 4) is 0 Å². The van der Waals surface area contributed by atoms with Crippen molar-refractivity contribution in [1.82, 2.24) is 20.3 Å². The molecule has 1 heterocycles. The Morgan fingerprint density at radius 2 is 2.19 bits per heavy atom. The van der Waals surface area contributed by atoms with Gasteiger partial charge >= 0.3 is 0 Å². The van der Waals surface area contributed by atoms with E-state index < -0.39 is 0 Å². The van der Waals surface area contributed by atoms with Crippen molar-refractivity contribution in [1.29, 1.82) is 0 Å². The number of nitrogens with one attached hydrogen (secondary N) is 1. The van der Waals surface area contributed by atoms with Gasteiger partial charge in [0.25, 0.3) is 0 Å². The molecule has 90 valence electrons. The van der Waals surface area contributed by atoms with Gasteiger partial charge < -0.3 is 10.4 Å². The molecule has 0 aromatic carbocycles. The zero-order chi connectivity index (χ0) is 11.4. The lowest BCUT2D eigenvalue weighted by molar-refractivity contribution is 0.119. The Kier molecular flexibility index (Phi) is 3.56. The van der Waals surface area contributed by atoms with E-state index in [0.717, 1.165) is 18.5 Å². The summed E-state index contributed by atoms with van der Waals surface area (Å²) in [5, 5.41) is 20.9. The van der Waals surface area contributed by atoms with E-state index in [-0.39, 0.29) is 12.1 Å². The summed E-state index contributed by atoms with van der Waals surface area (Å²) in [6.07, 6.45) is 7.71. The lowest BCUT2D eigenvalue weighted by atomic mass is 9.82. The third-order valence-corrected chi connectivity index (χ3v) is 3.41. The van der Waals surface area contributed by atoms with Crippen LogP contribution in [0.25, 0.3) is 0 Å². The molecule has 0 atom stereocenters. The minimum atomic E-state index is -0.0875. The van der Waals surface area contributed by atoms with Gasteiger partial charge in [-0.1, -0.05) is 24.5 Å². The molecule has 2 rings (SSSR count). The molecule has 1 fully saturated rings. The first-order valence-corrected chi connectivity index (χ1v) is 5.95. The topological polar surface area (TPSA) is 63.0 Å². The van der Waals surface area contributed by atoms with Crippen molar-refractivity contribution in [3.63, 3.8) is 0 Å². The van der Waals surface area contributed by atoms with Crippen LogP contribution < -0.4 is 5.32 Å². The van der Waals surface area contributed by atoms with Crippen LogP contribution in [0.1, 0.15) is 37.8 Å². The monoisotopic (exact) mass is 224 g/mol. The van der Waals surface area contributed by atoms with Crippen LogP contribution in [0, 0.1) is 0 Å². The van der Waals surface area contributed by atoms with Gasteiger partial charge in [0.2, 0.25) is 0 Å². The van der Waals surface area contributed by atoms with Crippen molar-refractivity contribution in [2.75, 3.05) is 6.61 Å². The predicted octanol–water partition coefficient (Wildman–Crippen LogP) is 0.600. The molecule has 5 nitrogen and oxygen atoms in total. The van der Waals surface area contributed by atoms with E-state index >= 15 is 0 Å². The maximum absolute atomic E-state index is 9.52. The average Bonchev–Trinajstić information content (AvgIpc) is 2.74. The second-order valence-corrected chi connectivity index (χ2v) is 4.74. The SMILES string of the molecule is Cn1cc(CNC2(CO)CCCCC2)nn1. The second-order valence-electron chi connectivity index (χ2n) is 4.74. The van der Waals surface area contributed by atoms with Crippen LogP contribution >= 0.6 is 0 Å². The van der Waals surface area contributed by atoms with E-state index in [9.17, 15) is 5.11 Å². The van der Waals surface area contributed by atoms with Gasteiger partial charge in [0.15, 0.2) is 0 Å². The Hall–Kier alpha value is -0.940. The molecule has 1 aliphatic carbocycles. The maximum Gasteiger partial charge on any atom is 0.0964 e. The minimum Gasteiger partial charge on any atom is -0.394 e. The van der Waals surface area contributed by atoms with Crippen LogP contribution in [0.5, 0.6) is 0 Å². The zero-order valence-corrected chi connectivity index (χ0v) is 9.82. The summed E-state index contributed by atoms with van der Waals surface area (Å²) in [7, 11) is 1.86. The van der Waals surface area contributed by atoms with Crippen molar-refractivity contribution in [2.45, 2.75) is 44.2 Å². The molecule has 1 aromatic heterocycles. The van der Waals surface area contributed by atoms with Crippen LogP contribution in [0.4, 0.5) is 0 Å². The second kappa shape index (κ2) is 4.93. The molecule has 1 aliphatic rings. The highest BCUT2D eigenvalue weighted by atomic mass is 16.3. The first-order valence-electron chi connectivity index (χ1n) is 5.95. The molecule has 5 heteroatoms. The Labute approximate surface area is 95.8 Å². The number of hydrogen-bond acceptors (Lipinski definition) is 4. The fourth-order valence-corrected chi connectivity index (χ4v) is 2.37. The molecule has 1 saturated carbocycles. The number of aromatic nitrogens is 3. The Balaban J connectivity index is 1.91. The highest BCUT2D eigenvalue weighted by Crippen LogP contribution is 2.27. The van der Waals surface area contributed by atoms with Gasteiger partial charge in [-0.15, -0.1) is 5.10 Å². The van der Waals surface area contributed by atoms with E-state index in [1.165, 1.54) is 19.3 Å². The maximum atomic E-state index is 9.52. The standard InChI is InChI=1S/C11H20N4O/c1-15-8-10(13-14-15)7-12-11(9-16)5-3-2-4-6-11/h8,12,16H,2-7,9H2,1H3. The summed E-state index contributed by atoms with van der Waals surface area (Å²) >= 11 is 0. The van der Waals surface area contributed by atoms with E-state index in [2.05, 4.69) is 15.6 Å². The number of aryl methyl sites for hydroxylation is 1. The fraction of sp³-hybridized carbons (Fsp3) is 0.818. The van der Waals surface area contributed by atoms with Crippen molar-refractivity contribution < 1.29 is 5.11 Å². The molecular formula is C11H20N4O. The normalized spacial score (nSPS) is 19.9. The quantitative estimate of drug-likeness (QED) is 0.786. The fourth-order valence-electron chi connectivity index (χ4n) is 2.37. The molecule has 0 spiro atoms. The highest BCUT2D eigenvalue weighted by molar-refractivity contribution is 4.96. The third kappa shape index (κ3) is 2.59. The average molecular weight is 224 g/mol. The smallest absolute Gasteiger partial charge is 0.0964 e. The first kappa shape index (κ1) is 11.5. The van der Waals surface area contributed by atoms with Crippen LogP contribution in [0.2, 0.25) is 0 Å². The molecule has 0 bridgehead atoms. The Morgan fingerprint density at radius 1 is 1.44 bits per heavy atom. The molecular weight excluding hydrogens is 204 g/mol. The van der Waals surface area contributed by atoms with Gasteiger partial charge in [0, 0.05) is 25.3 Å². The summed E-state index contributed by atoms with van der Waals surface area (Å²) in [5.74, 6) is 0. The number of aliphatic hydroxyl groups is 1. The predicted molar refractivity (Wildman–Crippen MR) is 60.7 cm³/mol. The molecule has 0 unspecified atom stereocenters. The number of hydrogen-bond donors (Lipinski definition) is 2. The minimum absolute atomic E-state index is 0.0875. The molecule has 16 heavy (non-hydrogen) atoms. The number of aliphatic hydroxyl groups excluding tert-OH is 1. The molecule has 0 aliphatic heterocycles. The number of nitrogens with zero attached hydrogens (tertiary/aromatic N) is 3. The lowest BCUT2D eigenvalue weighted by Crippen LogP contribution is -2.49. The first-order chi connectivity index (χ1) is 7.74. The molecule has 2 N–H and O–H groups in total. The zero-order valence-electron chi connectivity index (χ0n) is 9.82. The van der Waals surface area contributed by atoms with Gasteiger partial charge in [0.1, 0.15) is 0 Å². The summed E-state index contributed by atoms with van der Waals surface area (Å²) in [6, 6.07) is 0. The van der Waals surface area contributed by atoms with Crippen LogP contribution in [0.3, 0.4) is 0 Å². The molecule has 0 saturated heterocycles. The van der Waals surface area contributed by atoms with Gasteiger partial charge in [-0.25, -0.2) is 0 Å². The van der Waals surface area contributed by atoms with Crippen molar-refractivity contribution in [3.05, 3.63) is 11.9 Å². The number of rotatable bonds is 4. The van der Waals surface area contributed by atoms with Gasteiger partial charge in [0.05, 0.1) is 12.3 Å². The van der Waals surface area contributed by atoms with Gasteiger partial charge in [-0.05, 0) is 12.8 Å². The summed E-state index contributed by atoms with van der Waals surface area (Å²) in [5.41, 5.74) is 0.844. The lowest BCUT2D eigenvalue weighted by Gasteiger charge is -2.36. The van der Waals surface area contributed by atoms with Gasteiger partial charge in [-0.3, -0.25) is 4.68 Å². The largest absolute Gasteiger partial charge is 0.394 e. The summed E-state index contributed by atoms with van der Waals surface area (Å²) in [6.45, 7) is 0.904. The highest BCUT2D eigenvalue weighted by Gasteiger charge is 2.30. The third-order valence-electron chi connectivity index (χ3n) is 3.41. The van der Waals surface area contributed by atoms with E-state index in [4.69, 9.17) is 0 Å². The van der Waals surface area contributed by atoms with Crippen molar-refractivity contribution in [2.24, 2.45) is 7.05 Å².